The van der Waals surface area contributed by atoms with E-state index in [2.05, 4.69) is 0 Å². The van der Waals surface area contributed by atoms with Crippen molar-refractivity contribution in [2.24, 2.45) is 11.7 Å². The summed E-state index contributed by atoms with van der Waals surface area (Å²) in [4.78, 5) is 0. The first kappa shape index (κ1) is 12.5. The summed E-state index contributed by atoms with van der Waals surface area (Å²) >= 11 is 0. The van der Waals surface area contributed by atoms with E-state index in [0.29, 0.717) is 13.0 Å². The Labute approximate surface area is 101 Å². The third-order valence-corrected chi connectivity index (χ3v) is 5.16. The monoisotopic (exact) mass is 257 g/mol. The molecule has 5 heteroatoms. The lowest BCUT2D eigenvalue weighted by atomic mass is 9.86. The standard InChI is InChI=1S/C12H16FNO2S/c13-11-3-1-2-9(6-11)12(7-14)10-4-5-17(15,16)8-10/h1-3,6,10,12H,4-5,7-8,14H2. The van der Waals surface area contributed by atoms with E-state index in [9.17, 15) is 12.8 Å². The highest BCUT2D eigenvalue weighted by Gasteiger charge is 2.33. The lowest BCUT2D eigenvalue weighted by Crippen LogP contribution is -2.22. The normalized spacial score (nSPS) is 24.7. The van der Waals surface area contributed by atoms with Crippen molar-refractivity contribution >= 4 is 9.84 Å². The highest BCUT2D eigenvalue weighted by atomic mass is 32.2. The Morgan fingerprint density at radius 1 is 1.47 bits per heavy atom. The summed E-state index contributed by atoms with van der Waals surface area (Å²) in [5, 5.41) is 0. The molecule has 2 N–H and O–H groups in total. The third kappa shape index (κ3) is 2.84. The Morgan fingerprint density at radius 2 is 2.24 bits per heavy atom. The molecule has 1 aliphatic rings. The smallest absolute Gasteiger partial charge is 0.150 e. The molecular weight excluding hydrogens is 241 g/mol. The minimum absolute atomic E-state index is 0.0202. The summed E-state index contributed by atoms with van der Waals surface area (Å²) in [6, 6.07) is 6.27. The minimum atomic E-state index is -2.92. The summed E-state index contributed by atoms with van der Waals surface area (Å²) in [6.45, 7) is 0.351. The van der Waals surface area contributed by atoms with Gasteiger partial charge in [-0.3, -0.25) is 0 Å². The number of halogens is 1. The lowest BCUT2D eigenvalue weighted by molar-refractivity contribution is 0.471. The number of hydrogen-bond donors (Lipinski definition) is 1. The number of benzene rings is 1. The lowest BCUT2D eigenvalue weighted by Gasteiger charge is -2.21. The zero-order chi connectivity index (χ0) is 12.5. The molecule has 3 nitrogen and oxygen atoms in total. The van der Waals surface area contributed by atoms with Crippen LogP contribution >= 0.6 is 0 Å². The molecule has 1 aromatic carbocycles. The molecule has 2 rings (SSSR count). The second-order valence-electron chi connectivity index (χ2n) is 4.56. The molecule has 1 fully saturated rings. The number of hydrogen-bond acceptors (Lipinski definition) is 3. The van der Waals surface area contributed by atoms with Crippen LogP contribution in [-0.2, 0) is 9.84 Å². The molecule has 1 aliphatic heterocycles. The third-order valence-electron chi connectivity index (χ3n) is 3.37. The maximum Gasteiger partial charge on any atom is 0.150 e. The van der Waals surface area contributed by atoms with Crippen LogP contribution in [0, 0.1) is 11.7 Å². The van der Waals surface area contributed by atoms with E-state index in [0.717, 1.165) is 5.56 Å². The van der Waals surface area contributed by atoms with Gasteiger partial charge in [-0.2, -0.15) is 0 Å². The number of rotatable bonds is 3. The molecule has 0 saturated carbocycles. The van der Waals surface area contributed by atoms with Gasteiger partial charge in [-0.25, -0.2) is 12.8 Å². The van der Waals surface area contributed by atoms with Gasteiger partial charge in [0.1, 0.15) is 5.82 Å². The molecular formula is C12H16FNO2S. The molecule has 0 aromatic heterocycles. The van der Waals surface area contributed by atoms with Gasteiger partial charge in [-0.05, 0) is 36.6 Å². The van der Waals surface area contributed by atoms with Crippen LogP contribution in [0.3, 0.4) is 0 Å². The number of nitrogens with two attached hydrogens (primary N) is 1. The Morgan fingerprint density at radius 3 is 2.76 bits per heavy atom. The molecule has 0 radical (unpaired) electrons. The number of sulfone groups is 1. The predicted octanol–water partition coefficient (Wildman–Crippen LogP) is 1.30. The van der Waals surface area contributed by atoms with Crippen LogP contribution in [-0.4, -0.2) is 26.5 Å². The summed E-state index contributed by atoms with van der Waals surface area (Å²) < 4.78 is 36.0. The fourth-order valence-electron chi connectivity index (χ4n) is 2.48. The van der Waals surface area contributed by atoms with Crippen LogP contribution in [0.1, 0.15) is 17.9 Å². The average molecular weight is 257 g/mol. The van der Waals surface area contributed by atoms with E-state index in [-0.39, 0.29) is 29.2 Å². The van der Waals surface area contributed by atoms with Crippen LogP contribution in [0.4, 0.5) is 4.39 Å². The Hall–Kier alpha value is -0.940. The molecule has 0 aliphatic carbocycles. The van der Waals surface area contributed by atoms with Crippen molar-refractivity contribution in [3.05, 3.63) is 35.6 Å². The van der Waals surface area contributed by atoms with Gasteiger partial charge in [-0.1, -0.05) is 12.1 Å². The highest BCUT2D eigenvalue weighted by molar-refractivity contribution is 7.91. The molecule has 0 amide bonds. The van der Waals surface area contributed by atoms with Crippen molar-refractivity contribution in [3.63, 3.8) is 0 Å². The van der Waals surface area contributed by atoms with Gasteiger partial charge in [0.25, 0.3) is 0 Å². The predicted molar refractivity (Wildman–Crippen MR) is 65.0 cm³/mol. The zero-order valence-electron chi connectivity index (χ0n) is 9.47. The van der Waals surface area contributed by atoms with E-state index in [1.807, 2.05) is 6.07 Å². The molecule has 2 unspecified atom stereocenters. The molecule has 0 spiro atoms. The van der Waals surface area contributed by atoms with Gasteiger partial charge in [0, 0.05) is 5.92 Å². The fraction of sp³-hybridized carbons (Fsp3) is 0.500. The van der Waals surface area contributed by atoms with E-state index < -0.39 is 9.84 Å². The van der Waals surface area contributed by atoms with Gasteiger partial charge < -0.3 is 5.73 Å². The van der Waals surface area contributed by atoms with Crippen molar-refractivity contribution < 1.29 is 12.8 Å². The molecule has 0 bridgehead atoms. The molecule has 17 heavy (non-hydrogen) atoms. The first-order valence-electron chi connectivity index (χ1n) is 5.68. The van der Waals surface area contributed by atoms with E-state index in [4.69, 9.17) is 5.73 Å². The van der Waals surface area contributed by atoms with Gasteiger partial charge in [0.05, 0.1) is 11.5 Å². The van der Waals surface area contributed by atoms with Gasteiger partial charge >= 0.3 is 0 Å². The molecule has 1 aromatic rings. The van der Waals surface area contributed by atoms with Gasteiger partial charge in [-0.15, -0.1) is 0 Å². The molecule has 94 valence electrons. The molecule has 1 saturated heterocycles. The fourth-order valence-corrected chi connectivity index (χ4v) is 4.36. The highest BCUT2D eigenvalue weighted by Crippen LogP contribution is 2.32. The second-order valence-corrected chi connectivity index (χ2v) is 6.79. The van der Waals surface area contributed by atoms with E-state index in [1.54, 1.807) is 6.07 Å². The van der Waals surface area contributed by atoms with Gasteiger partial charge in [0.2, 0.25) is 0 Å². The molecule has 2 atom stereocenters. The first-order valence-corrected chi connectivity index (χ1v) is 7.50. The van der Waals surface area contributed by atoms with Crippen LogP contribution in [0.5, 0.6) is 0 Å². The van der Waals surface area contributed by atoms with Crippen LogP contribution in [0.2, 0.25) is 0 Å². The van der Waals surface area contributed by atoms with Gasteiger partial charge in [0.15, 0.2) is 9.84 Å². The van der Waals surface area contributed by atoms with Crippen LogP contribution < -0.4 is 5.73 Å². The maximum absolute atomic E-state index is 13.1. The molecule has 1 heterocycles. The quantitative estimate of drug-likeness (QED) is 0.888. The zero-order valence-corrected chi connectivity index (χ0v) is 10.3. The second kappa shape index (κ2) is 4.74. The largest absolute Gasteiger partial charge is 0.330 e. The maximum atomic E-state index is 13.1. The van der Waals surface area contributed by atoms with Crippen molar-refractivity contribution in [3.8, 4) is 0 Å². The Kier molecular flexibility index (Phi) is 3.49. The van der Waals surface area contributed by atoms with Crippen molar-refractivity contribution in [2.75, 3.05) is 18.1 Å². The Balaban J connectivity index is 2.23. The topological polar surface area (TPSA) is 60.2 Å². The summed E-state index contributed by atoms with van der Waals surface area (Å²) in [7, 11) is -2.92. The summed E-state index contributed by atoms with van der Waals surface area (Å²) in [5.41, 5.74) is 6.51. The summed E-state index contributed by atoms with van der Waals surface area (Å²) in [6.07, 6.45) is 0.626. The van der Waals surface area contributed by atoms with Crippen LogP contribution in [0.25, 0.3) is 0 Å². The summed E-state index contributed by atoms with van der Waals surface area (Å²) in [5.74, 6) is 0.0473. The van der Waals surface area contributed by atoms with Crippen molar-refractivity contribution in [1.29, 1.82) is 0 Å². The van der Waals surface area contributed by atoms with Crippen LogP contribution in [0.15, 0.2) is 24.3 Å². The Bertz CT molecular complexity index is 501. The van der Waals surface area contributed by atoms with E-state index >= 15 is 0 Å². The van der Waals surface area contributed by atoms with Crippen molar-refractivity contribution in [1.82, 2.24) is 0 Å². The van der Waals surface area contributed by atoms with E-state index in [1.165, 1.54) is 12.1 Å². The SMILES string of the molecule is NCC(c1cccc(F)c1)C1CCS(=O)(=O)C1. The van der Waals surface area contributed by atoms with Crippen molar-refractivity contribution in [2.45, 2.75) is 12.3 Å². The average Bonchev–Trinajstić information content (AvgIpc) is 2.60. The minimum Gasteiger partial charge on any atom is -0.330 e. The first-order chi connectivity index (χ1) is 8.02.